The van der Waals surface area contributed by atoms with Crippen LogP contribution in [0.5, 0.6) is 5.75 Å². The Kier molecular flexibility index (Phi) is 11.3. The Bertz CT molecular complexity index is 1690. The van der Waals surface area contributed by atoms with Gasteiger partial charge in [-0.3, -0.25) is 14.4 Å². The number of anilines is 1. The predicted octanol–water partition coefficient (Wildman–Crippen LogP) is 5.11. The van der Waals surface area contributed by atoms with Crippen LogP contribution in [0.1, 0.15) is 65.5 Å². The molecule has 0 spiro atoms. The number of carboxylic acid groups (broad SMARTS) is 1. The fourth-order valence-corrected chi connectivity index (χ4v) is 7.65. The van der Waals surface area contributed by atoms with Gasteiger partial charge in [-0.25, -0.2) is 13.4 Å². The van der Waals surface area contributed by atoms with Crippen LogP contribution in [-0.4, -0.2) is 72.5 Å². The minimum atomic E-state index is -4.95. The molecule has 1 aliphatic heterocycles. The minimum Gasteiger partial charge on any atom is -0.481 e. The number of rotatable bonds is 13. The number of alkyl halides is 3. The standard InChI is InChI=1S/C31H35F3N4O7S2/c1-19(2)22-9-7-21(8-10-22)17-35-29(42)25-18-37(30-36-20(3)28(46-30)26(39)5-4-6-27(40)41)15-16-38(25)47(43,44)24-13-11-23(12-14-24)45-31(32,33)34/h7-14,19,25H,4-6,15-18H2,1-3H3,(H,35,42)(H,40,41)/t25-/m1/s1. The van der Waals surface area contributed by atoms with Crippen molar-refractivity contribution in [3.8, 4) is 5.75 Å². The summed E-state index contributed by atoms with van der Waals surface area (Å²) in [6, 6.07) is 10.1. The summed E-state index contributed by atoms with van der Waals surface area (Å²) < 4.78 is 70.4. The third kappa shape index (κ3) is 9.29. The van der Waals surface area contributed by atoms with Gasteiger partial charge in [0, 0.05) is 39.0 Å². The number of ketones is 1. The predicted molar refractivity (Wildman–Crippen MR) is 168 cm³/mol. The summed E-state index contributed by atoms with van der Waals surface area (Å²) in [6.45, 7) is 5.70. The highest BCUT2D eigenvalue weighted by atomic mass is 32.2. The molecule has 0 radical (unpaired) electrons. The largest absolute Gasteiger partial charge is 0.573 e. The van der Waals surface area contributed by atoms with Crippen molar-refractivity contribution >= 4 is 44.2 Å². The zero-order valence-corrected chi connectivity index (χ0v) is 27.5. The van der Waals surface area contributed by atoms with Gasteiger partial charge in [-0.15, -0.1) is 13.2 Å². The highest BCUT2D eigenvalue weighted by molar-refractivity contribution is 7.89. The van der Waals surface area contributed by atoms with Crippen LogP contribution in [0.15, 0.2) is 53.4 Å². The first-order chi connectivity index (χ1) is 22.0. The molecule has 1 saturated heterocycles. The highest BCUT2D eigenvalue weighted by Crippen LogP contribution is 2.32. The van der Waals surface area contributed by atoms with E-state index in [-0.39, 0.29) is 56.1 Å². The molecule has 0 aliphatic carbocycles. The van der Waals surface area contributed by atoms with Crippen molar-refractivity contribution in [2.24, 2.45) is 0 Å². The molecule has 1 amide bonds. The van der Waals surface area contributed by atoms with Crippen LogP contribution in [0.3, 0.4) is 0 Å². The zero-order chi connectivity index (χ0) is 34.5. The number of Topliss-reactive ketones (excluding diaryl/α,β-unsaturated/α-hetero) is 1. The fraction of sp³-hybridized carbons (Fsp3) is 0.419. The maximum absolute atomic E-state index is 13.8. The molecule has 1 aromatic heterocycles. The maximum atomic E-state index is 13.8. The zero-order valence-electron chi connectivity index (χ0n) is 25.9. The van der Waals surface area contributed by atoms with E-state index in [1.54, 1.807) is 11.8 Å². The van der Waals surface area contributed by atoms with Crippen LogP contribution in [0.4, 0.5) is 18.3 Å². The van der Waals surface area contributed by atoms with Crippen molar-refractivity contribution in [1.82, 2.24) is 14.6 Å². The molecule has 16 heteroatoms. The Morgan fingerprint density at radius 1 is 1.06 bits per heavy atom. The van der Waals surface area contributed by atoms with Crippen LogP contribution in [0.2, 0.25) is 0 Å². The number of hydrogen-bond acceptors (Lipinski definition) is 9. The molecule has 0 bridgehead atoms. The van der Waals surface area contributed by atoms with Crippen molar-refractivity contribution in [2.75, 3.05) is 24.5 Å². The molecular weight excluding hydrogens is 661 g/mol. The van der Waals surface area contributed by atoms with E-state index in [4.69, 9.17) is 5.11 Å². The lowest BCUT2D eigenvalue weighted by Crippen LogP contribution is -2.60. The number of carbonyl (C=O) groups is 3. The van der Waals surface area contributed by atoms with Crippen LogP contribution < -0.4 is 15.0 Å². The molecular formula is C31H35F3N4O7S2. The third-order valence-electron chi connectivity index (χ3n) is 7.51. The number of carboxylic acids is 1. The number of amides is 1. The number of piperazine rings is 1. The Balaban J connectivity index is 1.58. The number of nitrogens with one attached hydrogen (secondary N) is 1. The van der Waals surface area contributed by atoms with Crippen LogP contribution in [0.25, 0.3) is 0 Å². The van der Waals surface area contributed by atoms with E-state index in [9.17, 15) is 36.0 Å². The molecule has 2 N–H and O–H groups in total. The summed E-state index contributed by atoms with van der Waals surface area (Å²) in [7, 11) is -4.36. The smallest absolute Gasteiger partial charge is 0.481 e. The van der Waals surface area contributed by atoms with Crippen molar-refractivity contribution < 1.29 is 45.8 Å². The van der Waals surface area contributed by atoms with Crippen LogP contribution in [-0.2, 0) is 26.2 Å². The van der Waals surface area contributed by atoms with Crippen molar-refractivity contribution in [2.45, 2.75) is 69.8 Å². The summed E-state index contributed by atoms with van der Waals surface area (Å²) in [5.74, 6) is -2.14. The molecule has 0 saturated carbocycles. The first kappa shape index (κ1) is 35.8. The number of halogens is 3. The highest BCUT2D eigenvalue weighted by Gasteiger charge is 2.41. The van der Waals surface area contributed by atoms with Gasteiger partial charge in [-0.2, -0.15) is 4.31 Å². The van der Waals surface area contributed by atoms with Gasteiger partial charge in [0.2, 0.25) is 15.9 Å². The second kappa shape index (κ2) is 14.8. The lowest BCUT2D eigenvalue weighted by molar-refractivity contribution is -0.274. The number of sulfonamides is 1. The minimum absolute atomic E-state index is 0.0246. The number of hydrogen-bond donors (Lipinski definition) is 2. The summed E-state index contributed by atoms with van der Waals surface area (Å²) in [5.41, 5.74) is 2.35. The quantitative estimate of drug-likeness (QED) is 0.233. The molecule has 2 heterocycles. The number of aliphatic carboxylic acids is 1. The lowest BCUT2D eigenvalue weighted by atomic mass is 10.0. The molecule has 2 aromatic carbocycles. The van der Waals surface area contributed by atoms with Crippen molar-refractivity contribution in [1.29, 1.82) is 0 Å². The maximum Gasteiger partial charge on any atom is 0.573 e. The Hall–Kier alpha value is -4.02. The van der Waals surface area contributed by atoms with E-state index < -0.39 is 40.1 Å². The number of aromatic nitrogens is 1. The van der Waals surface area contributed by atoms with Gasteiger partial charge < -0.3 is 20.1 Å². The Morgan fingerprint density at radius 3 is 2.32 bits per heavy atom. The molecule has 1 atom stereocenters. The summed E-state index contributed by atoms with van der Waals surface area (Å²) in [6.07, 6.45) is -4.91. The van der Waals surface area contributed by atoms with Gasteiger partial charge >= 0.3 is 12.3 Å². The molecule has 254 valence electrons. The average Bonchev–Trinajstić information content (AvgIpc) is 3.40. The van der Waals surface area contributed by atoms with E-state index in [1.165, 1.54) is 0 Å². The van der Waals surface area contributed by atoms with E-state index >= 15 is 0 Å². The van der Waals surface area contributed by atoms with Crippen molar-refractivity contribution in [3.05, 3.63) is 70.2 Å². The van der Waals surface area contributed by atoms with Gasteiger partial charge in [0.15, 0.2) is 10.9 Å². The Morgan fingerprint density at radius 2 is 1.72 bits per heavy atom. The summed E-state index contributed by atoms with van der Waals surface area (Å²) in [5, 5.41) is 12.1. The average molecular weight is 697 g/mol. The second-order valence-corrected chi connectivity index (χ2v) is 14.2. The number of nitrogens with zero attached hydrogens (tertiary/aromatic N) is 3. The van der Waals surface area contributed by atoms with E-state index in [0.717, 1.165) is 51.0 Å². The van der Waals surface area contributed by atoms with Crippen LogP contribution in [0, 0.1) is 6.92 Å². The number of carbonyl (C=O) groups excluding carboxylic acids is 2. The topological polar surface area (TPSA) is 146 Å². The number of ether oxygens (including phenoxy) is 1. The first-order valence-electron chi connectivity index (χ1n) is 14.8. The lowest BCUT2D eigenvalue weighted by Gasteiger charge is -2.39. The summed E-state index contributed by atoms with van der Waals surface area (Å²) >= 11 is 1.08. The van der Waals surface area contributed by atoms with Crippen LogP contribution >= 0.6 is 11.3 Å². The van der Waals surface area contributed by atoms with Gasteiger partial charge in [-0.05, 0) is 54.7 Å². The van der Waals surface area contributed by atoms with Gasteiger partial charge in [0.25, 0.3) is 0 Å². The Labute approximate surface area is 274 Å². The SMILES string of the molecule is Cc1nc(N2CCN(S(=O)(=O)c3ccc(OC(F)(F)F)cc3)[C@@H](C(=O)NCc3ccc(C(C)C)cc3)C2)sc1C(=O)CCCC(=O)O. The van der Waals surface area contributed by atoms with E-state index in [0.29, 0.717) is 21.6 Å². The molecule has 47 heavy (non-hydrogen) atoms. The number of thiazole rings is 1. The monoisotopic (exact) mass is 696 g/mol. The summed E-state index contributed by atoms with van der Waals surface area (Å²) in [4.78, 5) is 43.5. The fourth-order valence-electron chi connectivity index (χ4n) is 5.01. The second-order valence-electron chi connectivity index (χ2n) is 11.3. The molecule has 11 nitrogen and oxygen atoms in total. The number of benzene rings is 2. The number of aryl methyl sites for hydroxylation is 1. The molecule has 4 rings (SSSR count). The molecule has 1 fully saturated rings. The van der Waals surface area contributed by atoms with Gasteiger partial charge in [0.1, 0.15) is 11.8 Å². The van der Waals surface area contributed by atoms with Gasteiger partial charge in [-0.1, -0.05) is 49.4 Å². The normalized spacial score (nSPS) is 15.9. The molecule has 3 aromatic rings. The molecule has 1 aliphatic rings. The first-order valence-corrected chi connectivity index (χ1v) is 17.0. The van der Waals surface area contributed by atoms with Crippen molar-refractivity contribution in [3.63, 3.8) is 0 Å². The van der Waals surface area contributed by atoms with E-state index in [1.807, 2.05) is 24.3 Å². The van der Waals surface area contributed by atoms with E-state index in [2.05, 4.69) is 28.9 Å². The molecule has 0 unspecified atom stereocenters. The van der Waals surface area contributed by atoms with Gasteiger partial charge in [0.05, 0.1) is 15.5 Å². The third-order valence-corrected chi connectivity index (χ3v) is 10.7.